The van der Waals surface area contributed by atoms with Crippen LogP contribution in [0.15, 0.2) is 18.2 Å². The molecule has 0 amide bonds. The lowest BCUT2D eigenvalue weighted by atomic mass is 10.1. The molecule has 0 saturated heterocycles. The van der Waals surface area contributed by atoms with Crippen LogP contribution in [0.1, 0.15) is 24.9 Å². The van der Waals surface area contributed by atoms with Crippen molar-refractivity contribution in [2.24, 2.45) is 5.73 Å². The quantitative estimate of drug-likeness (QED) is 0.638. The van der Waals surface area contributed by atoms with Crippen LogP contribution in [-0.2, 0) is 0 Å². The maximum atomic E-state index is 5.96. The van der Waals surface area contributed by atoms with Gasteiger partial charge in [0.15, 0.2) is 0 Å². The average Bonchev–Trinajstić information content (AvgIpc) is 2.28. The number of nitrogens with two attached hydrogens (primary N) is 1. The molecule has 1 rings (SSSR count). The molecule has 0 bridgehead atoms. The Balaban J connectivity index is 2.67. The first kappa shape index (κ1) is 14.3. The van der Waals surface area contributed by atoms with E-state index in [-0.39, 0.29) is 6.04 Å². The van der Waals surface area contributed by atoms with Gasteiger partial charge in [-0.25, -0.2) is 0 Å². The number of halogens is 2. The molecule has 0 aliphatic rings. The van der Waals surface area contributed by atoms with E-state index in [1.807, 2.05) is 19.1 Å². The highest BCUT2D eigenvalue weighted by atomic mass is 35.5. The molecule has 1 aromatic rings. The van der Waals surface area contributed by atoms with E-state index in [4.69, 9.17) is 28.9 Å². The van der Waals surface area contributed by atoms with Crippen LogP contribution in [0.2, 0.25) is 10.0 Å². The molecule has 0 saturated carbocycles. The van der Waals surface area contributed by atoms with Gasteiger partial charge in [0.1, 0.15) is 0 Å². The fourth-order valence-corrected chi connectivity index (χ4v) is 2.09. The molecule has 0 heterocycles. The molecule has 4 heteroatoms. The van der Waals surface area contributed by atoms with Crippen molar-refractivity contribution in [3.8, 4) is 11.8 Å². The second-order valence-electron chi connectivity index (χ2n) is 3.62. The number of hydrogen-bond acceptors (Lipinski definition) is 2. The first-order valence-electron chi connectivity index (χ1n) is 5.46. The van der Waals surface area contributed by atoms with Gasteiger partial charge in [-0.2, -0.15) is 0 Å². The summed E-state index contributed by atoms with van der Waals surface area (Å²) in [4.78, 5) is 0. The zero-order valence-corrected chi connectivity index (χ0v) is 11.3. The van der Waals surface area contributed by atoms with Crippen molar-refractivity contribution in [1.82, 2.24) is 5.32 Å². The number of nitrogens with one attached hydrogen (secondary N) is 1. The van der Waals surface area contributed by atoms with Gasteiger partial charge in [0.25, 0.3) is 0 Å². The van der Waals surface area contributed by atoms with Crippen LogP contribution in [0, 0.1) is 11.8 Å². The monoisotopic (exact) mass is 270 g/mol. The largest absolute Gasteiger partial charge is 0.329 e. The van der Waals surface area contributed by atoms with Crippen molar-refractivity contribution < 1.29 is 0 Å². The summed E-state index contributed by atoms with van der Waals surface area (Å²) in [5, 5.41) is 4.58. The van der Waals surface area contributed by atoms with E-state index < -0.39 is 0 Å². The molecule has 1 unspecified atom stereocenters. The van der Waals surface area contributed by atoms with Gasteiger partial charge in [-0.3, -0.25) is 0 Å². The number of hydrogen-bond donors (Lipinski definition) is 2. The summed E-state index contributed by atoms with van der Waals surface area (Å²) >= 11 is 11.9. The first-order valence-corrected chi connectivity index (χ1v) is 6.22. The molecular formula is C13H16Cl2N2. The van der Waals surface area contributed by atoms with E-state index in [0.717, 1.165) is 18.5 Å². The summed E-state index contributed by atoms with van der Waals surface area (Å²) in [5.74, 6) is 5.85. The highest BCUT2D eigenvalue weighted by Gasteiger charge is 2.09. The standard InChI is InChI=1S/C13H16Cl2N2/c1-2-3-4-5-17-13(9-16)10-6-11(14)8-12(15)7-10/h6-8,13,17H,4-5,9,16H2,1H3. The minimum Gasteiger partial charge on any atom is -0.329 e. The average molecular weight is 271 g/mol. The highest BCUT2D eigenvalue weighted by molar-refractivity contribution is 6.34. The van der Waals surface area contributed by atoms with E-state index in [9.17, 15) is 0 Å². The molecule has 3 N–H and O–H groups in total. The van der Waals surface area contributed by atoms with E-state index in [2.05, 4.69) is 17.2 Å². The molecule has 0 radical (unpaired) electrons. The van der Waals surface area contributed by atoms with Gasteiger partial charge in [-0.15, -0.1) is 11.8 Å². The Bertz CT molecular complexity index is 401. The minimum absolute atomic E-state index is 0.0601. The second-order valence-corrected chi connectivity index (χ2v) is 4.49. The second kappa shape index (κ2) is 7.58. The number of benzene rings is 1. The Labute approximate surface area is 112 Å². The predicted molar refractivity (Wildman–Crippen MR) is 74.3 cm³/mol. The third kappa shape index (κ3) is 4.97. The van der Waals surface area contributed by atoms with Crippen molar-refractivity contribution in [1.29, 1.82) is 0 Å². The van der Waals surface area contributed by atoms with Crippen LogP contribution in [0.25, 0.3) is 0 Å². The topological polar surface area (TPSA) is 38.0 Å². The third-order valence-corrected chi connectivity index (χ3v) is 2.78. The van der Waals surface area contributed by atoms with Crippen LogP contribution < -0.4 is 11.1 Å². The summed E-state index contributed by atoms with van der Waals surface area (Å²) < 4.78 is 0. The maximum Gasteiger partial charge on any atom is 0.0445 e. The molecule has 1 aromatic carbocycles. The predicted octanol–water partition coefficient (Wildman–Crippen LogP) is 3.00. The van der Waals surface area contributed by atoms with E-state index in [1.54, 1.807) is 6.07 Å². The maximum absolute atomic E-state index is 5.96. The molecule has 2 nitrogen and oxygen atoms in total. The van der Waals surface area contributed by atoms with Crippen molar-refractivity contribution >= 4 is 23.2 Å². The van der Waals surface area contributed by atoms with Gasteiger partial charge in [-0.05, 0) is 30.7 Å². The van der Waals surface area contributed by atoms with E-state index >= 15 is 0 Å². The molecule has 92 valence electrons. The summed E-state index contributed by atoms with van der Waals surface area (Å²) in [5.41, 5.74) is 6.74. The SMILES string of the molecule is CC#CCCNC(CN)c1cc(Cl)cc(Cl)c1. The summed E-state index contributed by atoms with van der Waals surface area (Å²) in [6.07, 6.45) is 0.807. The van der Waals surface area contributed by atoms with Crippen LogP contribution in [0.3, 0.4) is 0 Å². The van der Waals surface area contributed by atoms with Gasteiger partial charge in [0.2, 0.25) is 0 Å². The van der Waals surface area contributed by atoms with Crippen molar-refractivity contribution in [3.05, 3.63) is 33.8 Å². The van der Waals surface area contributed by atoms with Crippen molar-refractivity contribution in [3.63, 3.8) is 0 Å². The molecule has 17 heavy (non-hydrogen) atoms. The van der Waals surface area contributed by atoms with E-state index in [1.165, 1.54) is 0 Å². The molecule has 0 spiro atoms. The molecule has 0 aromatic heterocycles. The molecular weight excluding hydrogens is 255 g/mol. The summed E-state index contributed by atoms with van der Waals surface area (Å²) in [6, 6.07) is 5.53. The third-order valence-electron chi connectivity index (χ3n) is 2.34. The first-order chi connectivity index (χ1) is 8.17. The fourth-order valence-electron chi connectivity index (χ4n) is 1.55. The highest BCUT2D eigenvalue weighted by Crippen LogP contribution is 2.23. The normalized spacial score (nSPS) is 11.8. The Morgan fingerprint density at radius 2 is 1.94 bits per heavy atom. The Morgan fingerprint density at radius 1 is 1.29 bits per heavy atom. The summed E-state index contributed by atoms with van der Waals surface area (Å²) in [7, 11) is 0. The van der Waals surface area contributed by atoms with Crippen LogP contribution in [0.5, 0.6) is 0 Å². The number of rotatable bonds is 5. The zero-order chi connectivity index (χ0) is 12.7. The van der Waals surface area contributed by atoms with Gasteiger partial charge in [0, 0.05) is 35.6 Å². The van der Waals surface area contributed by atoms with Gasteiger partial charge >= 0.3 is 0 Å². The molecule has 0 fully saturated rings. The lowest BCUT2D eigenvalue weighted by Gasteiger charge is -2.17. The zero-order valence-electron chi connectivity index (χ0n) is 9.76. The lowest BCUT2D eigenvalue weighted by molar-refractivity contribution is 0.550. The Kier molecular flexibility index (Phi) is 6.39. The molecule has 0 aliphatic carbocycles. The molecule has 0 aliphatic heterocycles. The van der Waals surface area contributed by atoms with Gasteiger partial charge in [-0.1, -0.05) is 23.2 Å². The fraction of sp³-hybridized carbons (Fsp3) is 0.385. The van der Waals surface area contributed by atoms with Gasteiger partial charge < -0.3 is 11.1 Å². The van der Waals surface area contributed by atoms with E-state index in [0.29, 0.717) is 16.6 Å². The van der Waals surface area contributed by atoms with Gasteiger partial charge in [0.05, 0.1) is 0 Å². The Morgan fingerprint density at radius 3 is 2.47 bits per heavy atom. The summed E-state index contributed by atoms with van der Waals surface area (Å²) in [6.45, 7) is 3.13. The van der Waals surface area contributed by atoms with Crippen LogP contribution in [-0.4, -0.2) is 13.1 Å². The van der Waals surface area contributed by atoms with Crippen molar-refractivity contribution in [2.45, 2.75) is 19.4 Å². The Hall–Kier alpha value is -0.720. The minimum atomic E-state index is 0.0601. The van der Waals surface area contributed by atoms with Crippen LogP contribution in [0.4, 0.5) is 0 Å². The smallest absolute Gasteiger partial charge is 0.0445 e. The molecule has 1 atom stereocenters. The lowest BCUT2D eigenvalue weighted by Crippen LogP contribution is -2.28. The van der Waals surface area contributed by atoms with Crippen molar-refractivity contribution in [2.75, 3.05) is 13.1 Å². The van der Waals surface area contributed by atoms with Crippen LogP contribution >= 0.6 is 23.2 Å².